The number of benzene rings is 8. The van der Waals surface area contributed by atoms with Gasteiger partial charge in [0.2, 0.25) is 0 Å². The van der Waals surface area contributed by atoms with E-state index in [1.54, 1.807) is 0 Å². The van der Waals surface area contributed by atoms with Crippen molar-refractivity contribution in [3.8, 4) is 73.0 Å². The standard InChI is InChI=1S/C55H39N3/c1-55(2)47-26-13-12-24-44(47)45-30-28-39(34-48(45)55)38-29-31-51-46(33-38)53-43(25-15-27-52(53)58(51)42-22-10-5-11-23-42)40-20-14-21-41(32-40)54-56-49(36-16-6-3-7-17-36)35-50(57-54)37-18-8-4-9-19-37/h3-35H,1-2H3. The topological polar surface area (TPSA) is 30.7 Å². The van der Waals surface area contributed by atoms with Gasteiger partial charge in [-0.3, -0.25) is 0 Å². The molecule has 0 radical (unpaired) electrons. The van der Waals surface area contributed by atoms with Crippen LogP contribution in [0.1, 0.15) is 25.0 Å². The molecule has 0 bridgehead atoms. The highest BCUT2D eigenvalue weighted by Gasteiger charge is 2.35. The number of aromatic nitrogens is 3. The highest BCUT2D eigenvalue weighted by molar-refractivity contribution is 6.16. The molecule has 0 unspecified atom stereocenters. The third kappa shape index (κ3) is 5.50. The molecule has 8 aromatic carbocycles. The normalized spacial score (nSPS) is 12.8. The van der Waals surface area contributed by atoms with Crippen LogP contribution in [0, 0.1) is 0 Å². The van der Waals surface area contributed by atoms with E-state index in [9.17, 15) is 0 Å². The fourth-order valence-electron chi connectivity index (χ4n) is 9.15. The molecule has 0 spiro atoms. The van der Waals surface area contributed by atoms with Crippen molar-refractivity contribution < 1.29 is 0 Å². The number of hydrogen-bond acceptors (Lipinski definition) is 2. The number of fused-ring (bicyclic) bond motifs is 6. The summed E-state index contributed by atoms with van der Waals surface area (Å²) in [6, 6.07) is 71.9. The molecule has 11 rings (SSSR count). The monoisotopic (exact) mass is 741 g/mol. The lowest BCUT2D eigenvalue weighted by atomic mass is 9.81. The molecule has 0 amide bonds. The van der Waals surface area contributed by atoms with Crippen LogP contribution < -0.4 is 0 Å². The Kier molecular flexibility index (Phi) is 7.84. The van der Waals surface area contributed by atoms with Gasteiger partial charge in [0.1, 0.15) is 0 Å². The minimum absolute atomic E-state index is 0.0697. The first-order valence-corrected chi connectivity index (χ1v) is 20.0. The Labute approximate surface area is 338 Å². The Morgan fingerprint density at radius 2 is 0.948 bits per heavy atom. The van der Waals surface area contributed by atoms with Gasteiger partial charge >= 0.3 is 0 Å². The molecule has 2 aromatic heterocycles. The maximum Gasteiger partial charge on any atom is 0.160 e. The van der Waals surface area contributed by atoms with Crippen LogP contribution >= 0.6 is 0 Å². The fourth-order valence-corrected chi connectivity index (χ4v) is 9.15. The number of para-hydroxylation sites is 1. The Bertz CT molecular complexity index is 3120. The van der Waals surface area contributed by atoms with E-state index in [-0.39, 0.29) is 5.41 Å². The van der Waals surface area contributed by atoms with E-state index in [1.807, 2.05) is 12.1 Å². The van der Waals surface area contributed by atoms with Crippen LogP contribution in [-0.4, -0.2) is 14.5 Å². The number of hydrogen-bond donors (Lipinski definition) is 0. The molecular formula is C55H39N3. The molecule has 2 heterocycles. The first-order chi connectivity index (χ1) is 28.5. The Morgan fingerprint density at radius 3 is 1.69 bits per heavy atom. The van der Waals surface area contributed by atoms with E-state index < -0.39 is 0 Å². The van der Waals surface area contributed by atoms with Gasteiger partial charge in [0.05, 0.1) is 22.4 Å². The molecule has 0 aliphatic heterocycles. The van der Waals surface area contributed by atoms with E-state index in [1.165, 1.54) is 60.8 Å². The average Bonchev–Trinajstić information content (AvgIpc) is 3.75. The van der Waals surface area contributed by atoms with Crippen molar-refractivity contribution in [2.45, 2.75) is 19.3 Å². The van der Waals surface area contributed by atoms with Crippen LogP contribution in [0.25, 0.3) is 94.8 Å². The molecule has 0 N–H and O–H groups in total. The van der Waals surface area contributed by atoms with Crippen molar-refractivity contribution in [3.63, 3.8) is 0 Å². The van der Waals surface area contributed by atoms with Crippen molar-refractivity contribution in [2.75, 3.05) is 0 Å². The molecule has 0 atom stereocenters. The van der Waals surface area contributed by atoms with Crippen LogP contribution in [0.4, 0.5) is 0 Å². The van der Waals surface area contributed by atoms with Gasteiger partial charge in [-0.05, 0) is 93.0 Å². The lowest BCUT2D eigenvalue weighted by Crippen LogP contribution is -2.14. The van der Waals surface area contributed by atoms with Crippen LogP contribution in [0.3, 0.4) is 0 Å². The van der Waals surface area contributed by atoms with Gasteiger partial charge in [0.25, 0.3) is 0 Å². The fraction of sp³-hybridized carbons (Fsp3) is 0.0545. The maximum absolute atomic E-state index is 5.17. The molecule has 0 saturated heterocycles. The van der Waals surface area contributed by atoms with Gasteiger partial charge in [-0.25, -0.2) is 9.97 Å². The third-order valence-electron chi connectivity index (χ3n) is 12.0. The molecule has 3 nitrogen and oxygen atoms in total. The van der Waals surface area contributed by atoms with Gasteiger partial charge in [-0.15, -0.1) is 0 Å². The maximum atomic E-state index is 5.17. The van der Waals surface area contributed by atoms with Crippen molar-refractivity contribution >= 4 is 21.8 Å². The molecule has 58 heavy (non-hydrogen) atoms. The lowest BCUT2D eigenvalue weighted by Gasteiger charge is -2.22. The summed E-state index contributed by atoms with van der Waals surface area (Å²) in [6.45, 7) is 4.70. The summed E-state index contributed by atoms with van der Waals surface area (Å²) in [7, 11) is 0. The van der Waals surface area contributed by atoms with Gasteiger partial charge in [0, 0.05) is 38.6 Å². The molecule has 3 heteroatoms. The molecule has 0 fully saturated rings. The smallest absolute Gasteiger partial charge is 0.160 e. The van der Waals surface area contributed by atoms with Crippen LogP contribution in [0.5, 0.6) is 0 Å². The minimum Gasteiger partial charge on any atom is -0.309 e. The molecule has 10 aromatic rings. The number of nitrogens with zero attached hydrogens (tertiary/aromatic N) is 3. The van der Waals surface area contributed by atoms with E-state index in [2.05, 4.69) is 206 Å². The Morgan fingerprint density at radius 1 is 0.379 bits per heavy atom. The van der Waals surface area contributed by atoms with E-state index in [4.69, 9.17) is 9.97 Å². The SMILES string of the molecule is CC1(C)c2ccccc2-c2ccc(-c3ccc4c(c3)c3c(-c5cccc(-c6nc(-c7ccccc7)cc(-c7ccccc7)n6)c5)cccc3n4-c3ccccc3)cc21. The first kappa shape index (κ1) is 33.9. The summed E-state index contributed by atoms with van der Waals surface area (Å²) < 4.78 is 2.41. The lowest BCUT2D eigenvalue weighted by molar-refractivity contribution is 0.660. The average molecular weight is 742 g/mol. The molecule has 1 aliphatic rings. The highest BCUT2D eigenvalue weighted by atomic mass is 15.0. The molecular weight excluding hydrogens is 703 g/mol. The van der Waals surface area contributed by atoms with Gasteiger partial charge in [0.15, 0.2) is 5.82 Å². The summed E-state index contributed by atoms with van der Waals surface area (Å²) in [5, 5.41) is 2.44. The quantitative estimate of drug-likeness (QED) is 0.170. The Balaban J connectivity index is 1.10. The first-order valence-electron chi connectivity index (χ1n) is 20.0. The summed E-state index contributed by atoms with van der Waals surface area (Å²) in [4.78, 5) is 10.3. The van der Waals surface area contributed by atoms with Gasteiger partial charge in [-0.2, -0.15) is 0 Å². The van der Waals surface area contributed by atoms with Crippen molar-refractivity contribution in [3.05, 3.63) is 211 Å². The van der Waals surface area contributed by atoms with Crippen LogP contribution in [-0.2, 0) is 5.41 Å². The summed E-state index contributed by atoms with van der Waals surface area (Å²) >= 11 is 0. The van der Waals surface area contributed by atoms with Crippen molar-refractivity contribution in [1.29, 1.82) is 0 Å². The van der Waals surface area contributed by atoms with E-state index in [0.29, 0.717) is 5.82 Å². The summed E-state index contributed by atoms with van der Waals surface area (Å²) in [6.07, 6.45) is 0. The van der Waals surface area contributed by atoms with E-state index in [0.717, 1.165) is 39.3 Å². The second kappa shape index (κ2) is 13.4. The van der Waals surface area contributed by atoms with Crippen LogP contribution in [0.2, 0.25) is 0 Å². The predicted octanol–water partition coefficient (Wildman–Crippen LogP) is 14.2. The van der Waals surface area contributed by atoms with Gasteiger partial charge < -0.3 is 4.57 Å². The molecule has 1 aliphatic carbocycles. The zero-order valence-corrected chi connectivity index (χ0v) is 32.4. The zero-order valence-electron chi connectivity index (χ0n) is 32.4. The number of rotatable bonds is 6. The zero-order chi connectivity index (χ0) is 38.8. The third-order valence-corrected chi connectivity index (χ3v) is 12.0. The largest absolute Gasteiger partial charge is 0.309 e. The minimum atomic E-state index is -0.0697. The van der Waals surface area contributed by atoms with E-state index >= 15 is 0 Å². The summed E-state index contributed by atoms with van der Waals surface area (Å²) in [5.41, 5.74) is 18.5. The molecule has 274 valence electrons. The van der Waals surface area contributed by atoms with Crippen molar-refractivity contribution in [2.24, 2.45) is 0 Å². The van der Waals surface area contributed by atoms with Crippen LogP contribution in [0.15, 0.2) is 200 Å². The predicted molar refractivity (Wildman–Crippen MR) is 241 cm³/mol. The molecule has 0 saturated carbocycles. The second-order valence-electron chi connectivity index (χ2n) is 15.8. The second-order valence-corrected chi connectivity index (χ2v) is 15.8. The Hall–Kier alpha value is -7.36. The highest BCUT2D eigenvalue weighted by Crippen LogP contribution is 2.50. The summed E-state index contributed by atoms with van der Waals surface area (Å²) in [5.74, 6) is 0.699. The van der Waals surface area contributed by atoms with Crippen molar-refractivity contribution in [1.82, 2.24) is 14.5 Å². The van der Waals surface area contributed by atoms with Gasteiger partial charge in [-0.1, -0.05) is 166 Å².